The fourth-order valence-corrected chi connectivity index (χ4v) is 4.46. The molecular formula is C28H36FN5O. The third kappa shape index (κ3) is 6.09. The molecule has 0 saturated carbocycles. The lowest BCUT2D eigenvalue weighted by Crippen LogP contribution is -2.48. The zero-order valence-electron chi connectivity index (χ0n) is 21.4. The normalized spacial score (nSPS) is 14.0. The minimum Gasteiger partial charge on any atom is -0.333 e. The van der Waals surface area contributed by atoms with Crippen LogP contribution < -0.4 is 5.32 Å². The Bertz CT molecular complexity index is 1160. The first-order valence-electron chi connectivity index (χ1n) is 12.3. The minimum absolute atomic E-state index is 0.0855. The molecule has 2 aromatic carbocycles. The molecule has 0 saturated heterocycles. The quantitative estimate of drug-likeness (QED) is 0.530. The standard InChI is InChI=1S/C28H36FN5O/c1-6-33(27(35)30-28(3,4)5)19-25-24-18-32(17-21-9-11-22(29)12-10-21)16-15-26(24)34(31-25)23-13-7-20(2)8-14-23/h7-14H,6,15-19H2,1-5H3,(H,30,35). The Morgan fingerprint density at radius 1 is 1.11 bits per heavy atom. The van der Waals surface area contributed by atoms with E-state index in [9.17, 15) is 9.18 Å². The molecule has 1 N–H and O–H groups in total. The van der Waals surface area contributed by atoms with Gasteiger partial charge in [0.1, 0.15) is 5.82 Å². The molecule has 0 unspecified atom stereocenters. The lowest BCUT2D eigenvalue weighted by atomic mass is 10.0. The number of benzene rings is 2. The maximum absolute atomic E-state index is 13.4. The van der Waals surface area contributed by atoms with Crippen molar-refractivity contribution < 1.29 is 9.18 Å². The first-order valence-corrected chi connectivity index (χ1v) is 12.3. The molecule has 1 aromatic heterocycles. The van der Waals surface area contributed by atoms with Gasteiger partial charge in [-0.3, -0.25) is 4.90 Å². The summed E-state index contributed by atoms with van der Waals surface area (Å²) in [7, 11) is 0. The van der Waals surface area contributed by atoms with Gasteiger partial charge in [-0.05, 0) is 64.4 Å². The average molecular weight is 478 g/mol. The molecule has 0 atom stereocenters. The molecule has 2 amide bonds. The SMILES string of the molecule is CCN(Cc1nn(-c2ccc(C)cc2)c2c1CN(Cc1ccc(F)cc1)CC2)C(=O)NC(C)(C)C. The van der Waals surface area contributed by atoms with Gasteiger partial charge in [0.15, 0.2) is 0 Å². The second-order valence-electron chi connectivity index (χ2n) is 10.4. The van der Waals surface area contributed by atoms with E-state index in [1.165, 1.54) is 29.0 Å². The number of aromatic nitrogens is 2. The van der Waals surface area contributed by atoms with Crippen molar-refractivity contribution in [3.05, 3.63) is 82.4 Å². The van der Waals surface area contributed by atoms with Crippen LogP contribution in [0.1, 0.15) is 55.8 Å². The van der Waals surface area contributed by atoms with Crippen molar-refractivity contribution in [1.29, 1.82) is 0 Å². The van der Waals surface area contributed by atoms with Crippen LogP contribution >= 0.6 is 0 Å². The molecule has 0 radical (unpaired) electrons. The number of hydrogen-bond donors (Lipinski definition) is 1. The second kappa shape index (κ2) is 10.2. The first-order chi connectivity index (χ1) is 16.6. The van der Waals surface area contributed by atoms with Gasteiger partial charge in [0, 0.05) is 43.7 Å². The van der Waals surface area contributed by atoms with E-state index in [1.807, 2.05) is 44.7 Å². The topological polar surface area (TPSA) is 53.4 Å². The minimum atomic E-state index is -0.308. The zero-order chi connectivity index (χ0) is 25.2. The summed E-state index contributed by atoms with van der Waals surface area (Å²) >= 11 is 0. The van der Waals surface area contributed by atoms with E-state index >= 15 is 0 Å². The van der Waals surface area contributed by atoms with E-state index in [0.717, 1.165) is 43.0 Å². The highest BCUT2D eigenvalue weighted by molar-refractivity contribution is 5.75. The molecular weight excluding hydrogens is 441 g/mol. The highest BCUT2D eigenvalue weighted by atomic mass is 19.1. The lowest BCUT2D eigenvalue weighted by Gasteiger charge is -2.29. The zero-order valence-corrected chi connectivity index (χ0v) is 21.4. The molecule has 1 aliphatic heterocycles. The number of fused-ring (bicyclic) bond motifs is 1. The number of amides is 2. The molecule has 7 heteroatoms. The number of rotatable bonds is 6. The Kier molecular flexibility index (Phi) is 7.26. The first kappa shape index (κ1) is 24.9. The van der Waals surface area contributed by atoms with E-state index in [-0.39, 0.29) is 17.4 Å². The van der Waals surface area contributed by atoms with Crippen LogP contribution in [0.5, 0.6) is 0 Å². The number of aryl methyl sites for hydroxylation is 1. The Morgan fingerprint density at radius 2 is 1.80 bits per heavy atom. The van der Waals surface area contributed by atoms with Crippen LogP contribution in [0, 0.1) is 12.7 Å². The van der Waals surface area contributed by atoms with Gasteiger partial charge in [-0.1, -0.05) is 29.8 Å². The fraction of sp³-hybridized carbons (Fsp3) is 0.429. The number of urea groups is 1. The Morgan fingerprint density at radius 3 is 2.43 bits per heavy atom. The van der Waals surface area contributed by atoms with Crippen molar-refractivity contribution in [3.8, 4) is 5.69 Å². The number of carbonyl (C=O) groups excluding carboxylic acids is 1. The van der Waals surface area contributed by atoms with Gasteiger partial charge in [0.05, 0.1) is 23.6 Å². The fourth-order valence-electron chi connectivity index (χ4n) is 4.46. The summed E-state index contributed by atoms with van der Waals surface area (Å²) in [6.45, 7) is 13.4. The van der Waals surface area contributed by atoms with Crippen molar-refractivity contribution in [3.63, 3.8) is 0 Å². The number of hydrogen-bond acceptors (Lipinski definition) is 3. The summed E-state index contributed by atoms with van der Waals surface area (Å²) in [5.74, 6) is -0.218. The molecule has 6 nitrogen and oxygen atoms in total. The molecule has 2 heterocycles. The van der Waals surface area contributed by atoms with Crippen molar-refractivity contribution in [2.75, 3.05) is 13.1 Å². The predicted molar refractivity (Wildman–Crippen MR) is 137 cm³/mol. The highest BCUT2D eigenvalue weighted by Gasteiger charge is 2.28. The summed E-state index contributed by atoms with van der Waals surface area (Å²) in [6, 6.07) is 15.0. The van der Waals surface area contributed by atoms with E-state index in [0.29, 0.717) is 13.1 Å². The van der Waals surface area contributed by atoms with Crippen LogP contribution in [-0.2, 0) is 26.1 Å². The van der Waals surface area contributed by atoms with Crippen molar-refractivity contribution in [2.45, 2.75) is 66.2 Å². The van der Waals surface area contributed by atoms with E-state index in [2.05, 4.69) is 46.1 Å². The maximum atomic E-state index is 13.4. The van der Waals surface area contributed by atoms with Crippen LogP contribution in [0.25, 0.3) is 5.69 Å². The number of nitrogens with one attached hydrogen (secondary N) is 1. The molecule has 35 heavy (non-hydrogen) atoms. The second-order valence-corrected chi connectivity index (χ2v) is 10.4. The third-order valence-corrected chi connectivity index (χ3v) is 6.31. The van der Waals surface area contributed by atoms with E-state index < -0.39 is 0 Å². The Hall–Kier alpha value is -3.19. The third-order valence-electron chi connectivity index (χ3n) is 6.31. The van der Waals surface area contributed by atoms with Crippen LogP contribution in [-0.4, -0.2) is 44.2 Å². The molecule has 3 aromatic rings. The Balaban J connectivity index is 1.64. The maximum Gasteiger partial charge on any atom is 0.318 e. The van der Waals surface area contributed by atoms with Crippen LogP contribution in [0.15, 0.2) is 48.5 Å². The highest BCUT2D eigenvalue weighted by Crippen LogP contribution is 2.27. The summed E-state index contributed by atoms with van der Waals surface area (Å²) in [4.78, 5) is 17.1. The van der Waals surface area contributed by atoms with Crippen molar-refractivity contribution >= 4 is 6.03 Å². The number of carbonyl (C=O) groups is 1. The molecule has 0 spiro atoms. The summed E-state index contributed by atoms with van der Waals surface area (Å²) in [6.07, 6.45) is 0.859. The summed E-state index contributed by atoms with van der Waals surface area (Å²) in [5, 5.41) is 8.10. The average Bonchev–Trinajstić information content (AvgIpc) is 3.16. The molecule has 0 fully saturated rings. The van der Waals surface area contributed by atoms with Gasteiger partial charge in [0.2, 0.25) is 0 Å². The Labute approximate surface area is 207 Å². The van der Waals surface area contributed by atoms with E-state index in [1.54, 1.807) is 0 Å². The number of halogens is 1. The van der Waals surface area contributed by atoms with Crippen molar-refractivity contribution in [1.82, 2.24) is 24.9 Å². The monoisotopic (exact) mass is 477 g/mol. The van der Waals surface area contributed by atoms with Crippen molar-refractivity contribution in [2.24, 2.45) is 0 Å². The van der Waals surface area contributed by atoms with Gasteiger partial charge in [-0.2, -0.15) is 5.10 Å². The van der Waals surface area contributed by atoms with Crippen LogP contribution in [0.2, 0.25) is 0 Å². The molecule has 0 bridgehead atoms. The molecule has 1 aliphatic rings. The van der Waals surface area contributed by atoms with Crippen LogP contribution in [0.4, 0.5) is 9.18 Å². The van der Waals surface area contributed by atoms with Gasteiger partial charge >= 0.3 is 6.03 Å². The molecule has 0 aliphatic carbocycles. The smallest absolute Gasteiger partial charge is 0.318 e. The molecule has 186 valence electrons. The van der Waals surface area contributed by atoms with E-state index in [4.69, 9.17) is 5.10 Å². The van der Waals surface area contributed by atoms with Gasteiger partial charge in [-0.25, -0.2) is 13.9 Å². The summed E-state index contributed by atoms with van der Waals surface area (Å²) < 4.78 is 15.4. The lowest BCUT2D eigenvalue weighted by molar-refractivity contribution is 0.187. The molecule has 4 rings (SSSR count). The summed E-state index contributed by atoms with van der Waals surface area (Å²) in [5.41, 5.74) is 6.32. The van der Waals surface area contributed by atoms with Gasteiger partial charge in [-0.15, -0.1) is 0 Å². The predicted octanol–water partition coefficient (Wildman–Crippen LogP) is 5.21. The van der Waals surface area contributed by atoms with Gasteiger partial charge in [0.25, 0.3) is 0 Å². The van der Waals surface area contributed by atoms with Gasteiger partial charge < -0.3 is 10.2 Å². The number of nitrogens with zero attached hydrogens (tertiary/aromatic N) is 4. The van der Waals surface area contributed by atoms with Crippen LogP contribution in [0.3, 0.4) is 0 Å². The largest absolute Gasteiger partial charge is 0.333 e.